The Hall–Kier alpha value is -4.61. The molecule has 1 unspecified atom stereocenters. The molecule has 0 radical (unpaired) electrons. The van der Waals surface area contributed by atoms with E-state index in [9.17, 15) is 24.3 Å². The van der Waals surface area contributed by atoms with E-state index in [2.05, 4.69) is 0 Å². The maximum atomic E-state index is 13.5. The monoisotopic (exact) mass is 605 g/mol. The van der Waals surface area contributed by atoms with Crippen LogP contribution >= 0.6 is 0 Å². The van der Waals surface area contributed by atoms with Crippen LogP contribution in [0, 0.1) is 10.1 Å². The number of hydrogen-bond donors (Lipinski definition) is 0. The van der Waals surface area contributed by atoms with Crippen molar-refractivity contribution in [3.05, 3.63) is 88.5 Å². The van der Waals surface area contributed by atoms with Gasteiger partial charge >= 0.3 is 11.9 Å². The number of ether oxygens (including phenoxy) is 4. The van der Waals surface area contributed by atoms with Gasteiger partial charge in [-0.3, -0.25) is 19.7 Å². The van der Waals surface area contributed by atoms with Crippen molar-refractivity contribution in [3.8, 4) is 23.0 Å². The SMILES string of the molecule is CCCOc1c(OCCC)c(OC(=O)Cc2ccccc2)c2ccc([S+]([O-])c3ccc([N+](=O)[O-])cc3)cc2c1OC(C)=O. The third kappa shape index (κ3) is 7.62. The van der Waals surface area contributed by atoms with E-state index in [4.69, 9.17) is 18.9 Å². The molecular weight excluding hydrogens is 574 g/mol. The number of esters is 2. The summed E-state index contributed by atoms with van der Waals surface area (Å²) in [6, 6.07) is 19.3. The van der Waals surface area contributed by atoms with Gasteiger partial charge in [0.1, 0.15) is 0 Å². The molecule has 10 nitrogen and oxygen atoms in total. The molecule has 1 atom stereocenters. The van der Waals surface area contributed by atoms with Gasteiger partial charge in [0.05, 0.1) is 24.6 Å². The minimum Gasteiger partial charge on any atom is -0.606 e. The number of benzene rings is 4. The number of carbonyl (C=O) groups excluding carboxylic acids is 2. The molecule has 0 aliphatic rings. The topological polar surface area (TPSA) is 137 Å². The van der Waals surface area contributed by atoms with E-state index in [1.165, 1.54) is 31.2 Å². The fraction of sp³-hybridized carbons (Fsp3) is 0.250. The highest BCUT2D eigenvalue weighted by Gasteiger charge is 2.29. The Balaban J connectivity index is 1.90. The maximum Gasteiger partial charge on any atom is 0.315 e. The number of nitro groups is 1. The summed E-state index contributed by atoms with van der Waals surface area (Å²) in [6.07, 6.45) is 1.26. The zero-order chi connectivity index (χ0) is 30.9. The van der Waals surface area contributed by atoms with Crippen LogP contribution in [0.5, 0.6) is 23.0 Å². The fourth-order valence-corrected chi connectivity index (χ4v) is 5.30. The fourth-order valence-electron chi connectivity index (χ4n) is 4.23. The summed E-state index contributed by atoms with van der Waals surface area (Å²) in [5, 5.41) is 11.7. The van der Waals surface area contributed by atoms with Crippen molar-refractivity contribution in [2.75, 3.05) is 13.2 Å². The Morgan fingerprint density at radius 2 is 1.35 bits per heavy atom. The summed E-state index contributed by atoms with van der Waals surface area (Å²) < 4.78 is 37.2. The van der Waals surface area contributed by atoms with Crippen LogP contribution in [0.1, 0.15) is 39.2 Å². The van der Waals surface area contributed by atoms with Crippen molar-refractivity contribution in [3.63, 3.8) is 0 Å². The van der Waals surface area contributed by atoms with Crippen LogP contribution in [0.2, 0.25) is 0 Å². The van der Waals surface area contributed by atoms with Gasteiger partial charge in [0.15, 0.2) is 21.3 Å². The highest BCUT2D eigenvalue weighted by atomic mass is 32.2. The van der Waals surface area contributed by atoms with Crippen molar-refractivity contribution < 1.29 is 38.0 Å². The first-order valence-corrected chi connectivity index (χ1v) is 14.9. The predicted molar refractivity (Wildman–Crippen MR) is 160 cm³/mol. The first kappa shape index (κ1) is 31.3. The second-order valence-corrected chi connectivity index (χ2v) is 11.0. The molecule has 0 aliphatic carbocycles. The van der Waals surface area contributed by atoms with Crippen molar-refractivity contribution in [1.82, 2.24) is 0 Å². The summed E-state index contributed by atoms with van der Waals surface area (Å²) in [5.41, 5.74) is 0.628. The van der Waals surface area contributed by atoms with E-state index >= 15 is 0 Å². The van der Waals surface area contributed by atoms with Crippen LogP contribution in [-0.2, 0) is 27.2 Å². The van der Waals surface area contributed by atoms with Gasteiger partial charge in [0, 0.05) is 59.2 Å². The molecule has 4 aromatic carbocycles. The number of nitrogens with zero attached hydrogens (tertiary/aromatic N) is 1. The molecule has 43 heavy (non-hydrogen) atoms. The maximum absolute atomic E-state index is 13.5. The first-order chi connectivity index (χ1) is 20.7. The normalized spacial score (nSPS) is 11.5. The van der Waals surface area contributed by atoms with Gasteiger partial charge in [0.25, 0.3) is 5.69 Å². The van der Waals surface area contributed by atoms with Crippen LogP contribution in [-0.4, -0.2) is 34.6 Å². The number of non-ortho nitro benzene ring substituents is 1. The number of hydrogen-bond acceptors (Lipinski definition) is 9. The summed E-state index contributed by atoms with van der Waals surface area (Å²) in [5.74, 6) is -0.858. The number of carbonyl (C=O) groups is 2. The molecule has 0 saturated carbocycles. The molecule has 0 saturated heterocycles. The van der Waals surface area contributed by atoms with Crippen LogP contribution in [0.15, 0.2) is 82.6 Å². The Kier molecular flexibility index (Phi) is 10.6. The average Bonchev–Trinajstić information content (AvgIpc) is 3.00. The van der Waals surface area contributed by atoms with Crippen LogP contribution < -0.4 is 18.9 Å². The third-order valence-electron chi connectivity index (χ3n) is 6.13. The standard InChI is InChI=1S/C32H31NO9S/c1-4-17-39-31-29(42-28(35)19-22-9-7-6-8-10-22)26-16-15-25(43(38)24-13-11-23(12-14-24)33(36)37)20-27(26)30(41-21(3)34)32(31)40-18-5-2/h6-16,20H,4-5,17-19H2,1-3H3. The molecule has 0 aromatic heterocycles. The molecule has 224 valence electrons. The van der Waals surface area contributed by atoms with E-state index in [-0.39, 0.29) is 48.3 Å². The quantitative estimate of drug-likeness (QED) is 0.0545. The summed E-state index contributed by atoms with van der Waals surface area (Å²) in [6.45, 7) is 5.58. The highest BCUT2D eigenvalue weighted by Crippen LogP contribution is 2.52. The zero-order valence-corrected chi connectivity index (χ0v) is 24.8. The van der Waals surface area contributed by atoms with Gasteiger partial charge in [-0.1, -0.05) is 44.2 Å². The zero-order valence-electron chi connectivity index (χ0n) is 24.0. The van der Waals surface area contributed by atoms with Crippen molar-refractivity contribution >= 4 is 39.6 Å². The lowest BCUT2D eigenvalue weighted by Crippen LogP contribution is -2.14. The van der Waals surface area contributed by atoms with Crippen LogP contribution in [0.4, 0.5) is 5.69 Å². The Labute approximate surface area is 251 Å². The Bertz CT molecular complexity index is 1610. The molecular formula is C32H31NO9S. The number of rotatable bonds is 13. The lowest BCUT2D eigenvalue weighted by Gasteiger charge is -2.22. The molecule has 0 aliphatic heterocycles. The molecule has 0 fully saturated rings. The van der Waals surface area contributed by atoms with Crippen molar-refractivity contribution in [1.29, 1.82) is 0 Å². The molecule has 0 spiro atoms. The lowest BCUT2D eigenvalue weighted by molar-refractivity contribution is -0.384. The second-order valence-electron chi connectivity index (χ2n) is 9.47. The smallest absolute Gasteiger partial charge is 0.315 e. The minimum atomic E-state index is -1.75. The Morgan fingerprint density at radius 3 is 1.91 bits per heavy atom. The van der Waals surface area contributed by atoms with Gasteiger partial charge in [-0.2, -0.15) is 0 Å². The first-order valence-electron chi connectivity index (χ1n) is 13.7. The minimum absolute atomic E-state index is 0.00531. The second kappa shape index (κ2) is 14.5. The highest BCUT2D eigenvalue weighted by molar-refractivity contribution is 7.91. The van der Waals surface area contributed by atoms with Gasteiger partial charge in [-0.25, -0.2) is 0 Å². The van der Waals surface area contributed by atoms with E-state index < -0.39 is 28.0 Å². The summed E-state index contributed by atoms with van der Waals surface area (Å²) in [7, 11) is 0. The van der Waals surface area contributed by atoms with Gasteiger partial charge in [-0.15, -0.1) is 0 Å². The largest absolute Gasteiger partial charge is 0.606 e. The molecule has 4 aromatic rings. The summed E-state index contributed by atoms with van der Waals surface area (Å²) >= 11 is -1.75. The van der Waals surface area contributed by atoms with E-state index in [1.54, 1.807) is 18.2 Å². The molecule has 0 amide bonds. The molecule has 0 heterocycles. The van der Waals surface area contributed by atoms with Crippen LogP contribution in [0.3, 0.4) is 0 Å². The van der Waals surface area contributed by atoms with Gasteiger partial charge in [0.2, 0.25) is 11.5 Å². The molecule has 0 N–H and O–H groups in total. The molecule has 11 heteroatoms. The summed E-state index contributed by atoms with van der Waals surface area (Å²) in [4.78, 5) is 36.6. The third-order valence-corrected chi connectivity index (χ3v) is 7.51. The molecule has 4 rings (SSSR count). The number of fused-ring (bicyclic) bond motifs is 1. The lowest BCUT2D eigenvalue weighted by atomic mass is 10.1. The van der Waals surface area contributed by atoms with E-state index in [1.807, 2.05) is 44.2 Å². The average molecular weight is 606 g/mol. The van der Waals surface area contributed by atoms with Crippen molar-refractivity contribution in [2.45, 2.75) is 49.8 Å². The van der Waals surface area contributed by atoms with Gasteiger partial charge < -0.3 is 23.5 Å². The van der Waals surface area contributed by atoms with E-state index in [0.717, 1.165) is 5.56 Å². The predicted octanol–water partition coefficient (Wildman–Crippen LogP) is 6.57. The van der Waals surface area contributed by atoms with Crippen molar-refractivity contribution in [2.24, 2.45) is 0 Å². The number of nitro benzene ring substituents is 1. The van der Waals surface area contributed by atoms with E-state index in [0.29, 0.717) is 33.4 Å². The molecule has 0 bridgehead atoms. The van der Waals surface area contributed by atoms with Crippen LogP contribution in [0.25, 0.3) is 10.8 Å². The Morgan fingerprint density at radius 1 is 0.767 bits per heavy atom. The van der Waals surface area contributed by atoms with Gasteiger partial charge in [-0.05, 0) is 30.5 Å².